The molecule has 1 saturated heterocycles. The summed E-state index contributed by atoms with van der Waals surface area (Å²) in [5.74, 6) is -2.21. The number of aliphatic hydroxyl groups is 1. The van der Waals surface area contributed by atoms with E-state index in [1.165, 1.54) is 7.11 Å². The minimum absolute atomic E-state index is 0.0941. The summed E-state index contributed by atoms with van der Waals surface area (Å²) < 4.78 is 4.41. The van der Waals surface area contributed by atoms with Gasteiger partial charge in [0.1, 0.15) is 0 Å². The molecule has 3 atom stereocenters. The van der Waals surface area contributed by atoms with Crippen LogP contribution in [0.4, 0.5) is 0 Å². The van der Waals surface area contributed by atoms with Crippen molar-refractivity contribution in [2.45, 2.75) is 25.5 Å². The van der Waals surface area contributed by atoms with Crippen molar-refractivity contribution in [1.82, 2.24) is 5.32 Å². The van der Waals surface area contributed by atoms with Gasteiger partial charge in [0, 0.05) is 6.04 Å². The second kappa shape index (κ2) is 3.74. The third-order valence-corrected chi connectivity index (χ3v) is 2.11. The van der Waals surface area contributed by atoms with Crippen LogP contribution in [0, 0.1) is 5.92 Å². The van der Waals surface area contributed by atoms with E-state index in [1.807, 2.05) is 0 Å². The third-order valence-electron chi connectivity index (χ3n) is 2.11. The highest BCUT2D eigenvalue weighted by Crippen LogP contribution is 2.17. The average Bonchev–Trinajstić information content (AvgIpc) is 2.02. The molecule has 1 fully saturated rings. The van der Waals surface area contributed by atoms with Crippen molar-refractivity contribution in [3.8, 4) is 0 Å². The number of hydrogen-bond acceptors (Lipinski definition) is 4. The Morgan fingerprint density at radius 1 is 1.69 bits per heavy atom. The second-order valence-electron chi connectivity index (χ2n) is 3.21. The molecule has 0 bridgehead atoms. The van der Waals surface area contributed by atoms with Crippen LogP contribution in [0.5, 0.6) is 0 Å². The van der Waals surface area contributed by atoms with E-state index in [1.54, 1.807) is 6.92 Å². The molecule has 0 saturated carbocycles. The first kappa shape index (κ1) is 9.98. The fourth-order valence-electron chi connectivity index (χ4n) is 1.46. The number of carbonyl (C=O) groups is 2. The summed E-state index contributed by atoms with van der Waals surface area (Å²) in [6, 6.07) is -0.0941. The maximum atomic E-state index is 11.2. The Morgan fingerprint density at radius 2 is 2.31 bits per heavy atom. The Kier molecular flexibility index (Phi) is 2.87. The number of nitrogens with one attached hydrogen (secondary N) is 1. The molecule has 5 nitrogen and oxygen atoms in total. The predicted molar refractivity (Wildman–Crippen MR) is 43.7 cm³/mol. The minimum atomic E-state index is -1.07. The maximum absolute atomic E-state index is 11.2. The molecule has 0 radical (unpaired) electrons. The van der Waals surface area contributed by atoms with Gasteiger partial charge < -0.3 is 15.2 Å². The lowest BCUT2D eigenvalue weighted by Crippen LogP contribution is -2.52. The zero-order valence-electron chi connectivity index (χ0n) is 7.61. The van der Waals surface area contributed by atoms with Crippen LogP contribution in [0.1, 0.15) is 13.3 Å². The lowest BCUT2D eigenvalue weighted by molar-refractivity contribution is -0.157. The molecule has 74 valence electrons. The zero-order valence-corrected chi connectivity index (χ0v) is 7.61. The first-order valence-electron chi connectivity index (χ1n) is 4.12. The van der Waals surface area contributed by atoms with Gasteiger partial charge in [0.05, 0.1) is 13.2 Å². The van der Waals surface area contributed by atoms with Gasteiger partial charge >= 0.3 is 5.97 Å². The van der Waals surface area contributed by atoms with Crippen LogP contribution >= 0.6 is 0 Å². The summed E-state index contributed by atoms with van der Waals surface area (Å²) >= 11 is 0. The quantitative estimate of drug-likeness (QED) is 0.409. The van der Waals surface area contributed by atoms with Gasteiger partial charge in [0.2, 0.25) is 5.91 Å². The molecule has 2 N–H and O–H groups in total. The number of ether oxygens (including phenoxy) is 1. The van der Waals surface area contributed by atoms with Gasteiger partial charge in [-0.15, -0.1) is 0 Å². The van der Waals surface area contributed by atoms with Crippen LogP contribution in [0.2, 0.25) is 0 Å². The van der Waals surface area contributed by atoms with E-state index in [0.717, 1.165) is 0 Å². The minimum Gasteiger partial charge on any atom is -0.468 e. The molecule has 0 spiro atoms. The SMILES string of the molecule is COC(=O)C1C(=O)NC(C)CC1O. The van der Waals surface area contributed by atoms with Crippen molar-refractivity contribution in [3.63, 3.8) is 0 Å². The van der Waals surface area contributed by atoms with Crippen molar-refractivity contribution in [2.75, 3.05) is 7.11 Å². The van der Waals surface area contributed by atoms with Gasteiger partial charge in [-0.3, -0.25) is 9.59 Å². The molecule has 0 aromatic rings. The van der Waals surface area contributed by atoms with Crippen molar-refractivity contribution in [3.05, 3.63) is 0 Å². The highest BCUT2D eigenvalue weighted by molar-refractivity contribution is 5.99. The van der Waals surface area contributed by atoms with Crippen molar-refractivity contribution in [2.24, 2.45) is 5.92 Å². The predicted octanol–water partition coefficient (Wildman–Crippen LogP) is -0.955. The molecule has 0 aromatic heterocycles. The smallest absolute Gasteiger partial charge is 0.320 e. The maximum Gasteiger partial charge on any atom is 0.320 e. The molecule has 13 heavy (non-hydrogen) atoms. The van der Waals surface area contributed by atoms with Crippen LogP contribution in [0.15, 0.2) is 0 Å². The van der Waals surface area contributed by atoms with E-state index in [4.69, 9.17) is 0 Å². The van der Waals surface area contributed by atoms with E-state index < -0.39 is 23.9 Å². The average molecular weight is 187 g/mol. The summed E-state index contributed by atoms with van der Waals surface area (Å²) in [5.41, 5.74) is 0. The van der Waals surface area contributed by atoms with Crippen molar-refractivity contribution < 1.29 is 19.4 Å². The van der Waals surface area contributed by atoms with Gasteiger partial charge in [-0.2, -0.15) is 0 Å². The van der Waals surface area contributed by atoms with Crippen LogP contribution in [-0.4, -0.2) is 36.2 Å². The summed E-state index contributed by atoms with van der Waals surface area (Å²) in [6.45, 7) is 1.77. The summed E-state index contributed by atoms with van der Waals surface area (Å²) in [5, 5.41) is 12.0. The summed E-state index contributed by atoms with van der Waals surface area (Å²) in [4.78, 5) is 22.3. The fraction of sp³-hybridized carbons (Fsp3) is 0.750. The van der Waals surface area contributed by atoms with Crippen LogP contribution in [0.25, 0.3) is 0 Å². The number of methoxy groups -OCH3 is 1. The topological polar surface area (TPSA) is 75.6 Å². The van der Waals surface area contributed by atoms with Crippen LogP contribution in [0.3, 0.4) is 0 Å². The lowest BCUT2D eigenvalue weighted by Gasteiger charge is -2.29. The van der Waals surface area contributed by atoms with Gasteiger partial charge in [0.25, 0.3) is 0 Å². The monoisotopic (exact) mass is 187 g/mol. The third kappa shape index (κ3) is 1.98. The van der Waals surface area contributed by atoms with E-state index in [2.05, 4.69) is 10.1 Å². The largest absolute Gasteiger partial charge is 0.468 e. The number of esters is 1. The lowest BCUT2D eigenvalue weighted by atomic mass is 9.91. The number of aliphatic hydroxyl groups excluding tert-OH is 1. The number of hydrogen-bond donors (Lipinski definition) is 2. The number of amides is 1. The summed E-state index contributed by atoms with van der Waals surface area (Å²) in [7, 11) is 1.19. The number of carbonyl (C=O) groups excluding carboxylic acids is 2. The molecule has 0 aliphatic carbocycles. The van der Waals surface area contributed by atoms with Crippen LogP contribution < -0.4 is 5.32 Å². The first-order valence-corrected chi connectivity index (χ1v) is 4.12. The Bertz CT molecular complexity index is 228. The number of piperidine rings is 1. The molecule has 5 heteroatoms. The van der Waals surface area contributed by atoms with Gasteiger partial charge in [-0.25, -0.2) is 0 Å². The summed E-state index contributed by atoms with van der Waals surface area (Å²) in [6.07, 6.45) is -0.554. The Morgan fingerprint density at radius 3 is 2.77 bits per heavy atom. The zero-order chi connectivity index (χ0) is 10.0. The van der Waals surface area contributed by atoms with Crippen molar-refractivity contribution >= 4 is 11.9 Å². The molecular weight excluding hydrogens is 174 g/mol. The normalized spacial score (nSPS) is 33.8. The Labute approximate surface area is 76.1 Å². The highest BCUT2D eigenvalue weighted by atomic mass is 16.5. The van der Waals surface area contributed by atoms with E-state index >= 15 is 0 Å². The van der Waals surface area contributed by atoms with E-state index in [-0.39, 0.29) is 6.04 Å². The molecule has 1 heterocycles. The Hall–Kier alpha value is -1.10. The molecule has 1 aliphatic rings. The van der Waals surface area contributed by atoms with Gasteiger partial charge in [-0.05, 0) is 13.3 Å². The fourth-order valence-corrected chi connectivity index (χ4v) is 1.46. The van der Waals surface area contributed by atoms with E-state index in [0.29, 0.717) is 6.42 Å². The molecular formula is C8H13NO4. The van der Waals surface area contributed by atoms with Crippen molar-refractivity contribution in [1.29, 1.82) is 0 Å². The van der Waals surface area contributed by atoms with Gasteiger partial charge in [0.15, 0.2) is 5.92 Å². The molecule has 1 amide bonds. The molecule has 0 aromatic carbocycles. The molecule has 3 unspecified atom stereocenters. The highest BCUT2D eigenvalue weighted by Gasteiger charge is 2.39. The Balaban J connectivity index is 2.72. The number of rotatable bonds is 1. The standard InChI is InChI=1S/C8H13NO4/c1-4-3-5(10)6(7(11)9-4)8(12)13-2/h4-6,10H,3H2,1-2H3,(H,9,11). The second-order valence-corrected chi connectivity index (χ2v) is 3.21. The molecule has 1 aliphatic heterocycles. The first-order chi connectivity index (χ1) is 6.06. The van der Waals surface area contributed by atoms with E-state index in [9.17, 15) is 14.7 Å². The van der Waals surface area contributed by atoms with Crippen LogP contribution in [-0.2, 0) is 14.3 Å². The van der Waals surface area contributed by atoms with Gasteiger partial charge in [-0.1, -0.05) is 0 Å². The molecule has 1 rings (SSSR count).